The number of nitrogens with zero attached hydrogens (tertiary/aromatic N) is 2. The third-order valence-corrected chi connectivity index (χ3v) is 6.36. The van der Waals surface area contributed by atoms with Crippen LogP contribution in [0.15, 0.2) is 74.9 Å². The molecule has 0 fully saturated rings. The van der Waals surface area contributed by atoms with Gasteiger partial charge in [0.2, 0.25) is 10.0 Å². The van der Waals surface area contributed by atoms with Crippen molar-refractivity contribution in [2.75, 3.05) is 0 Å². The van der Waals surface area contributed by atoms with E-state index in [4.69, 9.17) is 16.0 Å². The van der Waals surface area contributed by atoms with E-state index in [0.29, 0.717) is 17.1 Å². The molecule has 0 aliphatic rings. The standard InChI is InChI=1S/C20H18ClN3O4S/c1-23-18-9-8-17(11-19(18)28-20(23)25)29(26,27)22-12-16-3-2-10-24(16)13-14-4-6-15(21)7-5-14/h2-11,22H,12-13H2,1H3. The van der Waals surface area contributed by atoms with Crippen molar-refractivity contribution in [2.24, 2.45) is 7.05 Å². The van der Waals surface area contributed by atoms with Gasteiger partial charge >= 0.3 is 5.76 Å². The van der Waals surface area contributed by atoms with Gasteiger partial charge in [-0.25, -0.2) is 17.9 Å². The molecule has 2 aromatic heterocycles. The number of sulfonamides is 1. The van der Waals surface area contributed by atoms with Crippen molar-refractivity contribution in [1.82, 2.24) is 13.9 Å². The Bertz CT molecular complexity index is 1330. The van der Waals surface area contributed by atoms with Crippen LogP contribution in [0.2, 0.25) is 5.02 Å². The van der Waals surface area contributed by atoms with Crippen molar-refractivity contribution in [3.8, 4) is 0 Å². The highest BCUT2D eigenvalue weighted by atomic mass is 35.5. The largest absolute Gasteiger partial charge is 0.419 e. The highest BCUT2D eigenvalue weighted by molar-refractivity contribution is 7.89. The van der Waals surface area contributed by atoms with E-state index in [1.54, 1.807) is 13.1 Å². The Hall–Kier alpha value is -2.81. The fourth-order valence-electron chi connectivity index (χ4n) is 3.08. The maximum absolute atomic E-state index is 12.7. The number of aromatic nitrogens is 2. The number of rotatable bonds is 6. The SMILES string of the molecule is Cn1c(=O)oc2cc(S(=O)(=O)NCc3cccn3Cc3ccc(Cl)cc3)ccc21. The third kappa shape index (κ3) is 4.00. The molecule has 0 spiro atoms. The van der Waals surface area contributed by atoms with E-state index >= 15 is 0 Å². The van der Waals surface area contributed by atoms with Gasteiger partial charge in [0.05, 0.1) is 17.0 Å². The summed E-state index contributed by atoms with van der Waals surface area (Å²) in [6, 6.07) is 15.6. The molecule has 2 heterocycles. The molecule has 1 N–H and O–H groups in total. The Morgan fingerprint density at radius 2 is 1.86 bits per heavy atom. The highest BCUT2D eigenvalue weighted by Gasteiger charge is 2.17. The molecule has 0 unspecified atom stereocenters. The second-order valence-corrected chi connectivity index (χ2v) is 8.84. The van der Waals surface area contributed by atoms with Crippen LogP contribution in [0.5, 0.6) is 0 Å². The molecule has 0 saturated carbocycles. The normalized spacial score (nSPS) is 11.9. The van der Waals surface area contributed by atoms with Gasteiger partial charge < -0.3 is 8.98 Å². The average molecular weight is 432 g/mol. The summed E-state index contributed by atoms with van der Waals surface area (Å²) < 4.78 is 36.4. The zero-order valence-corrected chi connectivity index (χ0v) is 17.1. The lowest BCUT2D eigenvalue weighted by molar-refractivity contribution is 0.527. The summed E-state index contributed by atoms with van der Waals surface area (Å²) in [7, 11) is -2.21. The van der Waals surface area contributed by atoms with Crippen LogP contribution in [0.3, 0.4) is 0 Å². The van der Waals surface area contributed by atoms with Crippen LogP contribution in [0.1, 0.15) is 11.3 Å². The number of fused-ring (bicyclic) bond motifs is 1. The molecule has 0 bridgehead atoms. The molecule has 4 aromatic rings. The Labute approximate surface area is 172 Å². The molecule has 0 aliphatic carbocycles. The van der Waals surface area contributed by atoms with Gasteiger partial charge in [-0.05, 0) is 42.0 Å². The van der Waals surface area contributed by atoms with E-state index in [0.717, 1.165) is 11.3 Å². The van der Waals surface area contributed by atoms with Crippen LogP contribution in [0, 0.1) is 0 Å². The minimum absolute atomic E-state index is 0.0372. The Morgan fingerprint density at radius 1 is 1.10 bits per heavy atom. The van der Waals surface area contributed by atoms with E-state index < -0.39 is 15.8 Å². The van der Waals surface area contributed by atoms with E-state index in [9.17, 15) is 13.2 Å². The molecular formula is C20H18ClN3O4S. The summed E-state index contributed by atoms with van der Waals surface area (Å²) in [5, 5.41) is 0.667. The predicted octanol–water partition coefficient (Wildman–Crippen LogP) is 3.11. The number of hydrogen-bond acceptors (Lipinski definition) is 4. The lowest BCUT2D eigenvalue weighted by Crippen LogP contribution is -2.24. The third-order valence-electron chi connectivity index (χ3n) is 4.71. The minimum Gasteiger partial charge on any atom is -0.408 e. The zero-order chi connectivity index (χ0) is 20.6. The first-order valence-electron chi connectivity index (χ1n) is 8.81. The molecule has 7 nitrogen and oxygen atoms in total. The molecule has 0 radical (unpaired) electrons. The van der Waals surface area contributed by atoms with E-state index in [2.05, 4.69) is 4.72 Å². The number of halogens is 1. The topological polar surface area (TPSA) is 86.2 Å². The zero-order valence-electron chi connectivity index (χ0n) is 15.5. The first-order chi connectivity index (χ1) is 13.8. The van der Waals surface area contributed by atoms with Crippen molar-refractivity contribution >= 4 is 32.7 Å². The second kappa shape index (κ2) is 7.55. The van der Waals surface area contributed by atoms with Crippen LogP contribution < -0.4 is 10.5 Å². The van der Waals surface area contributed by atoms with Gasteiger partial charge in [-0.15, -0.1) is 0 Å². The van der Waals surface area contributed by atoms with Crippen LogP contribution in [0.4, 0.5) is 0 Å². The van der Waals surface area contributed by atoms with Crippen LogP contribution in [0.25, 0.3) is 11.1 Å². The first kappa shape index (κ1) is 19.5. The average Bonchev–Trinajstić information content (AvgIpc) is 3.25. The van der Waals surface area contributed by atoms with Crippen molar-refractivity contribution < 1.29 is 12.8 Å². The molecule has 150 valence electrons. The Morgan fingerprint density at radius 3 is 2.62 bits per heavy atom. The summed E-state index contributed by atoms with van der Waals surface area (Å²) in [4.78, 5) is 11.6. The molecule has 29 heavy (non-hydrogen) atoms. The molecular weight excluding hydrogens is 414 g/mol. The Balaban J connectivity index is 1.52. The van der Waals surface area contributed by atoms with Crippen LogP contribution in [-0.4, -0.2) is 17.6 Å². The van der Waals surface area contributed by atoms with Crippen molar-refractivity contribution in [3.05, 3.63) is 87.6 Å². The van der Waals surface area contributed by atoms with Gasteiger partial charge in [0, 0.05) is 36.6 Å². The molecule has 2 aromatic carbocycles. The van der Waals surface area contributed by atoms with Gasteiger partial charge in [-0.3, -0.25) is 4.57 Å². The second-order valence-electron chi connectivity index (χ2n) is 6.63. The summed E-state index contributed by atoms with van der Waals surface area (Å²) in [6.07, 6.45) is 1.89. The van der Waals surface area contributed by atoms with E-state index in [-0.39, 0.29) is 17.0 Å². The number of nitrogens with one attached hydrogen (secondary N) is 1. The fraction of sp³-hybridized carbons (Fsp3) is 0.150. The number of hydrogen-bond donors (Lipinski definition) is 1. The first-order valence-corrected chi connectivity index (χ1v) is 10.7. The number of benzene rings is 2. The van der Waals surface area contributed by atoms with E-state index in [1.807, 2.05) is 47.2 Å². The van der Waals surface area contributed by atoms with Gasteiger partial charge in [-0.2, -0.15) is 0 Å². The number of oxazole rings is 1. The number of aryl methyl sites for hydroxylation is 1. The predicted molar refractivity (Wildman–Crippen MR) is 110 cm³/mol. The molecule has 0 saturated heterocycles. The summed E-state index contributed by atoms with van der Waals surface area (Å²) >= 11 is 5.92. The summed E-state index contributed by atoms with van der Waals surface area (Å²) in [5.41, 5.74) is 2.63. The van der Waals surface area contributed by atoms with Gasteiger partial charge in [0.25, 0.3) is 0 Å². The molecule has 0 aliphatic heterocycles. The lowest BCUT2D eigenvalue weighted by Gasteiger charge is -2.11. The quantitative estimate of drug-likeness (QED) is 0.508. The highest BCUT2D eigenvalue weighted by Crippen LogP contribution is 2.18. The van der Waals surface area contributed by atoms with Crippen molar-refractivity contribution in [3.63, 3.8) is 0 Å². The Kier molecular flexibility index (Phi) is 5.08. The van der Waals surface area contributed by atoms with Crippen LogP contribution >= 0.6 is 11.6 Å². The van der Waals surface area contributed by atoms with Gasteiger partial charge in [0.15, 0.2) is 5.58 Å². The van der Waals surface area contributed by atoms with Gasteiger partial charge in [-0.1, -0.05) is 23.7 Å². The lowest BCUT2D eigenvalue weighted by atomic mass is 10.2. The van der Waals surface area contributed by atoms with Crippen molar-refractivity contribution in [1.29, 1.82) is 0 Å². The van der Waals surface area contributed by atoms with Crippen LogP contribution in [-0.2, 0) is 30.2 Å². The molecule has 4 rings (SSSR count). The molecule has 0 amide bonds. The summed E-state index contributed by atoms with van der Waals surface area (Å²) in [6.45, 7) is 0.724. The smallest absolute Gasteiger partial charge is 0.408 e. The van der Waals surface area contributed by atoms with Gasteiger partial charge in [0.1, 0.15) is 0 Å². The monoisotopic (exact) mass is 431 g/mol. The minimum atomic E-state index is -3.78. The van der Waals surface area contributed by atoms with E-state index in [1.165, 1.54) is 16.7 Å². The van der Waals surface area contributed by atoms with Crippen molar-refractivity contribution in [2.45, 2.75) is 18.0 Å². The maximum Gasteiger partial charge on any atom is 0.419 e. The fourth-order valence-corrected chi connectivity index (χ4v) is 4.22. The molecule has 0 atom stereocenters. The maximum atomic E-state index is 12.7. The molecule has 9 heteroatoms. The summed E-state index contributed by atoms with van der Waals surface area (Å²) in [5.74, 6) is -0.539.